The average molecular weight is 296 g/mol. The second kappa shape index (κ2) is 5.89. The molecule has 0 fully saturated rings. The average Bonchev–Trinajstić information content (AvgIpc) is 2.98. The van der Waals surface area contributed by atoms with Gasteiger partial charge in [0.1, 0.15) is 11.3 Å². The van der Waals surface area contributed by atoms with Gasteiger partial charge in [0.15, 0.2) is 11.9 Å². The summed E-state index contributed by atoms with van der Waals surface area (Å²) >= 11 is 0. The Kier molecular flexibility index (Phi) is 3.78. The Hall–Kier alpha value is -2.82. The number of aromatic nitrogens is 1. The van der Waals surface area contributed by atoms with Gasteiger partial charge in [-0.3, -0.25) is 9.69 Å². The first kappa shape index (κ1) is 14.1. The number of para-hydroxylation sites is 3. The number of carbonyl (C=O) groups excluding carboxylic acids is 1. The van der Waals surface area contributed by atoms with Gasteiger partial charge in [-0.25, -0.2) is 0 Å². The molecule has 0 bridgehead atoms. The fraction of sp³-hybridized carbons (Fsp3) is 0.176. The minimum atomic E-state index is 0.413. The van der Waals surface area contributed by atoms with E-state index in [1.807, 2.05) is 37.3 Å². The highest BCUT2D eigenvalue weighted by atomic mass is 16.5. The third kappa shape index (κ3) is 2.41. The predicted octanol–water partition coefficient (Wildman–Crippen LogP) is 3.81. The highest BCUT2D eigenvalue weighted by Gasteiger charge is 2.19. The molecular weight excluding hydrogens is 280 g/mol. The molecule has 0 aliphatic carbocycles. The Morgan fingerprint density at radius 1 is 1.23 bits per heavy atom. The zero-order valence-corrected chi connectivity index (χ0v) is 12.4. The van der Waals surface area contributed by atoms with Crippen molar-refractivity contribution in [3.8, 4) is 5.75 Å². The fourth-order valence-electron chi connectivity index (χ4n) is 2.36. The number of hydrogen-bond acceptors (Lipinski definition) is 5. The van der Waals surface area contributed by atoms with Crippen molar-refractivity contribution in [3.05, 3.63) is 48.0 Å². The smallest absolute Gasteiger partial charge is 0.302 e. The number of benzene rings is 2. The molecule has 1 heterocycles. The van der Waals surface area contributed by atoms with Crippen molar-refractivity contribution in [3.63, 3.8) is 0 Å². The van der Waals surface area contributed by atoms with Crippen molar-refractivity contribution in [1.29, 1.82) is 0 Å². The van der Waals surface area contributed by atoms with Crippen LogP contribution in [0.25, 0.3) is 11.1 Å². The van der Waals surface area contributed by atoms with E-state index in [0.717, 1.165) is 11.8 Å². The maximum absolute atomic E-state index is 11.4. The van der Waals surface area contributed by atoms with Crippen LogP contribution in [0, 0.1) is 0 Å². The number of rotatable bonds is 5. The Balaban J connectivity index is 2.10. The summed E-state index contributed by atoms with van der Waals surface area (Å²) in [7, 11) is 1.80. The lowest BCUT2D eigenvalue weighted by atomic mass is 10.1. The van der Waals surface area contributed by atoms with Crippen LogP contribution in [-0.2, 0) is 0 Å². The first-order valence-electron chi connectivity index (χ1n) is 7.05. The number of oxazole rings is 1. The summed E-state index contributed by atoms with van der Waals surface area (Å²) in [6.45, 7) is 2.41. The quantitative estimate of drug-likeness (QED) is 0.670. The molecule has 2 aromatic carbocycles. The summed E-state index contributed by atoms with van der Waals surface area (Å²) in [6.07, 6.45) is 0.803. The van der Waals surface area contributed by atoms with Crippen LogP contribution in [0.15, 0.2) is 46.9 Å². The molecule has 3 rings (SSSR count). The Morgan fingerprint density at radius 3 is 2.77 bits per heavy atom. The molecule has 3 aromatic rings. The molecule has 5 heteroatoms. The number of fused-ring (bicyclic) bond motifs is 1. The maximum Gasteiger partial charge on any atom is 0.302 e. The molecule has 112 valence electrons. The van der Waals surface area contributed by atoms with Gasteiger partial charge in [0.2, 0.25) is 0 Å². The molecule has 22 heavy (non-hydrogen) atoms. The molecule has 5 nitrogen and oxygen atoms in total. The van der Waals surface area contributed by atoms with E-state index in [2.05, 4.69) is 4.98 Å². The van der Waals surface area contributed by atoms with Crippen LogP contribution in [-0.4, -0.2) is 24.9 Å². The molecule has 0 saturated carbocycles. The minimum Gasteiger partial charge on any atom is -0.492 e. The van der Waals surface area contributed by atoms with Crippen molar-refractivity contribution >= 4 is 29.1 Å². The van der Waals surface area contributed by atoms with Gasteiger partial charge in [-0.15, -0.1) is 0 Å². The van der Waals surface area contributed by atoms with E-state index in [9.17, 15) is 4.79 Å². The van der Waals surface area contributed by atoms with E-state index >= 15 is 0 Å². The topological polar surface area (TPSA) is 55.6 Å². The number of ether oxygens (including phenoxy) is 1. The Labute approximate surface area is 128 Å². The summed E-state index contributed by atoms with van der Waals surface area (Å²) < 4.78 is 11.4. The lowest BCUT2D eigenvalue weighted by molar-refractivity contribution is 0.112. The third-order valence-electron chi connectivity index (χ3n) is 3.36. The van der Waals surface area contributed by atoms with Gasteiger partial charge >= 0.3 is 6.01 Å². The highest BCUT2D eigenvalue weighted by molar-refractivity contribution is 5.89. The van der Waals surface area contributed by atoms with Gasteiger partial charge in [0, 0.05) is 12.6 Å². The second-order valence-electron chi connectivity index (χ2n) is 4.77. The Morgan fingerprint density at radius 2 is 2.05 bits per heavy atom. The molecule has 1 aromatic heterocycles. The van der Waals surface area contributed by atoms with Crippen LogP contribution in [0.1, 0.15) is 17.3 Å². The largest absolute Gasteiger partial charge is 0.492 e. The van der Waals surface area contributed by atoms with Crippen molar-refractivity contribution < 1.29 is 13.9 Å². The number of anilines is 2. The standard InChI is InChI=1S/C17H16N2O3/c1-3-21-15-10-6-7-12(11-20)16(15)19(2)17-18-13-8-4-5-9-14(13)22-17/h4-11H,3H2,1-2H3. The highest BCUT2D eigenvalue weighted by Crippen LogP contribution is 2.36. The molecule has 0 radical (unpaired) electrons. The fourth-order valence-corrected chi connectivity index (χ4v) is 2.36. The van der Waals surface area contributed by atoms with Gasteiger partial charge in [-0.2, -0.15) is 4.98 Å². The van der Waals surface area contributed by atoms with Crippen molar-refractivity contribution in [1.82, 2.24) is 4.98 Å². The molecule has 0 aliphatic rings. The first-order chi connectivity index (χ1) is 10.7. The number of hydrogen-bond donors (Lipinski definition) is 0. The van der Waals surface area contributed by atoms with E-state index in [4.69, 9.17) is 9.15 Å². The molecule has 0 saturated heterocycles. The van der Waals surface area contributed by atoms with Gasteiger partial charge in [-0.1, -0.05) is 18.2 Å². The van der Waals surface area contributed by atoms with E-state index in [0.29, 0.717) is 35.2 Å². The predicted molar refractivity (Wildman–Crippen MR) is 85.1 cm³/mol. The normalized spacial score (nSPS) is 10.6. The maximum atomic E-state index is 11.4. The van der Waals surface area contributed by atoms with Crippen LogP contribution in [0.2, 0.25) is 0 Å². The SMILES string of the molecule is CCOc1cccc(C=O)c1N(C)c1nc2ccccc2o1. The van der Waals surface area contributed by atoms with Crippen LogP contribution in [0.4, 0.5) is 11.7 Å². The Bertz CT molecular complexity index is 778. The molecule has 0 unspecified atom stereocenters. The van der Waals surface area contributed by atoms with Gasteiger partial charge in [0.05, 0.1) is 12.3 Å². The zero-order valence-electron chi connectivity index (χ0n) is 12.4. The van der Waals surface area contributed by atoms with E-state index in [1.54, 1.807) is 24.1 Å². The summed E-state index contributed by atoms with van der Waals surface area (Å²) in [5.41, 5.74) is 2.64. The summed E-state index contributed by atoms with van der Waals surface area (Å²) in [5.74, 6) is 0.622. The van der Waals surface area contributed by atoms with Crippen LogP contribution in [0.3, 0.4) is 0 Å². The second-order valence-corrected chi connectivity index (χ2v) is 4.77. The van der Waals surface area contributed by atoms with Crippen LogP contribution < -0.4 is 9.64 Å². The lowest BCUT2D eigenvalue weighted by Gasteiger charge is -2.20. The zero-order chi connectivity index (χ0) is 15.5. The van der Waals surface area contributed by atoms with Gasteiger partial charge < -0.3 is 9.15 Å². The molecule has 0 atom stereocenters. The minimum absolute atomic E-state index is 0.413. The number of nitrogens with zero attached hydrogens (tertiary/aromatic N) is 2. The number of aldehydes is 1. The summed E-state index contributed by atoms with van der Waals surface area (Å²) in [4.78, 5) is 17.5. The summed E-state index contributed by atoms with van der Waals surface area (Å²) in [6, 6.07) is 13.3. The number of carbonyl (C=O) groups is 1. The van der Waals surface area contributed by atoms with Gasteiger partial charge in [-0.05, 0) is 31.2 Å². The van der Waals surface area contributed by atoms with Crippen molar-refractivity contribution in [2.45, 2.75) is 6.92 Å². The molecule has 0 spiro atoms. The van der Waals surface area contributed by atoms with Crippen LogP contribution in [0.5, 0.6) is 5.75 Å². The lowest BCUT2D eigenvalue weighted by Crippen LogP contribution is -2.14. The summed E-state index contributed by atoms with van der Waals surface area (Å²) in [5, 5.41) is 0. The third-order valence-corrected chi connectivity index (χ3v) is 3.36. The van der Waals surface area contributed by atoms with E-state index < -0.39 is 0 Å². The monoisotopic (exact) mass is 296 g/mol. The van der Waals surface area contributed by atoms with Crippen molar-refractivity contribution in [2.24, 2.45) is 0 Å². The molecule has 0 amide bonds. The van der Waals surface area contributed by atoms with Gasteiger partial charge in [0.25, 0.3) is 0 Å². The van der Waals surface area contributed by atoms with E-state index in [1.165, 1.54) is 0 Å². The molecule has 0 aliphatic heterocycles. The molecule has 0 N–H and O–H groups in total. The first-order valence-corrected chi connectivity index (χ1v) is 7.05. The van der Waals surface area contributed by atoms with Crippen LogP contribution >= 0.6 is 0 Å². The molecular formula is C17H16N2O3. The van der Waals surface area contributed by atoms with Crippen molar-refractivity contribution in [2.75, 3.05) is 18.6 Å². The van der Waals surface area contributed by atoms with E-state index in [-0.39, 0.29) is 0 Å².